The fourth-order valence-corrected chi connectivity index (χ4v) is 5.23. The van der Waals surface area contributed by atoms with E-state index in [9.17, 15) is 19.5 Å². The van der Waals surface area contributed by atoms with Gasteiger partial charge in [-0.3, -0.25) is 19.8 Å². The summed E-state index contributed by atoms with van der Waals surface area (Å²) in [6.07, 6.45) is 0. The van der Waals surface area contributed by atoms with Crippen molar-refractivity contribution < 1.29 is 19.5 Å². The molecule has 7 heteroatoms. The predicted octanol–water partition coefficient (Wildman–Crippen LogP) is 2.98. The number of nitrogens with zero attached hydrogens (tertiary/aromatic N) is 2. The Bertz CT molecular complexity index is 1300. The third kappa shape index (κ3) is 3.19. The zero-order chi connectivity index (χ0) is 23.9. The van der Waals surface area contributed by atoms with Crippen molar-refractivity contribution in [3.05, 3.63) is 107 Å². The minimum Gasteiger partial charge on any atom is -0.480 e. The van der Waals surface area contributed by atoms with Gasteiger partial charge in [-0.25, -0.2) is 4.79 Å². The van der Waals surface area contributed by atoms with Gasteiger partial charge in [0.25, 0.3) is 0 Å². The first-order valence-electron chi connectivity index (χ1n) is 10.9. The van der Waals surface area contributed by atoms with Gasteiger partial charge in [0, 0.05) is 6.04 Å². The largest absolute Gasteiger partial charge is 0.480 e. The van der Waals surface area contributed by atoms with Gasteiger partial charge in [0.05, 0.1) is 30.0 Å². The van der Waals surface area contributed by atoms with Crippen molar-refractivity contribution >= 4 is 17.8 Å². The molecule has 34 heavy (non-hydrogen) atoms. The number of carboxylic acids is 1. The number of carbonyl (C=O) groups excluding carboxylic acids is 2. The van der Waals surface area contributed by atoms with E-state index in [1.165, 1.54) is 4.90 Å². The number of carboxylic acid groups (broad SMARTS) is 1. The number of fused-ring (bicyclic) bond motifs is 1. The highest BCUT2D eigenvalue weighted by atomic mass is 16.4. The number of nitriles is 1. The number of benzene rings is 3. The monoisotopic (exact) mass is 451 g/mol. The normalized spacial score (nSPS) is 25.7. The van der Waals surface area contributed by atoms with Gasteiger partial charge < -0.3 is 5.11 Å². The Labute approximate surface area is 196 Å². The molecule has 2 heterocycles. The topological polar surface area (TPSA) is 110 Å². The van der Waals surface area contributed by atoms with Gasteiger partial charge in [-0.15, -0.1) is 0 Å². The molecule has 0 bridgehead atoms. The minimum absolute atomic E-state index is 0.0795. The number of amides is 2. The number of aliphatic carboxylic acids is 1. The third-order valence-corrected chi connectivity index (χ3v) is 6.80. The van der Waals surface area contributed by atoms with Gasteiger partial charge in [-0.1, -0.05) is 72.8 Å². The van der Waals surface area contributed by atoms with Crippen LogP contribution in [0.3, 0.4) is 0 Å². The van der Waals surface area contributed by atoms with Gasteiger partial charge in [-0.05, 0) is 28.8 Å². The van der Waals surface area contributed by atoms with E-state index in [1.54, 1.807) is 54.6 Å². The first kappa shape index (κ1) is 21.6. The predicted molar refractivity (Wildman–Crippen MR) is 122 cm³/mol. The molecule has 0 aromatic heterocycles. The summed E-state index contributed by atoms with van der Waals surface area (Å²) < 4.78 is 0. The SMILES string of the molecule is N#Cc1ccc(C2NC(C(=O)O)(c3ccccc3)C3C(=O)N(Cc4ccccc4)C(=O)C23)cc1. The molecule has 5 rings (SSSR count). The molecule has 0 spiro atoms. The summed E-state index contributed by atoms with van der Waals surface area (Å²) in [7, 11) is 0. The highest BCUT2D eigenvalue weighted by Crippen LogP contribution is 2.53. The summed E-state index contributed by atoms with van der Waals surface area (Å²) in [6.45, 7) is 0.0795. The van der Waals surface area contributed by atoms with E-state index >= 15 is 0 Å². The van der Waals surface area contributed by atoms with E-state index in [4.69, 9.17) is 5.26 Å². The van der Waals surface area contributed by atoms with Crippen molar-refractivity contribution in [1.29, 1.82) is 5.26 Å². The van der Waals surface area contributed by atoms with E-state index in [0.717, 1.165) is 5.56 Å². The Kier molecular flexibility index (Phi) is 5.23. The first-order valence-corrected chi connectivity index (χ1v) is 10.9. The van der Waals surface area contributed by atoms with Crippen LogP contribution < -0.4 is 5.32 Å². The van der Waals surface area contributed by atoms with Crippen molar-refractivity contribution in [2.45, 2.75) is 18.1 Å². The molecule has 2 fully saturated rings. The summed E-state index contributed by atoms with van der Waals surface area (Å²) in [5.74, 6) is -4.15. The number of hydrogen-bond acceptors (Lipinski definition) is 5. The number of nitrogens with one attached hydrogen (secondary N) is 1. The molecular weight excluding hydrogens is 430 g/mol. The molecule has 0 radical (unpaired) electrons. The van der Waals surface area contributed by atoms with Gasteiger partial charge in [-0.2, -0.15) is 5.26 Å². The molecule has 4 unspecified atom stereocenters. The van der Waals surface area contributed by atoms with Crippen LogP contribution in [0, 0.1) is 23.2 Å². The van der Waals surface area contributed by atoms with Crippen LogP contribution in [-0.2, 0) is 26.5 Å². The van der Waals surface area contributed by atoms with Crippen molar-refractivity contribution in [2.75, 3.05) is 0 Å². The number of imide groups is 1. The third-order valence-electron chi connectivity index (χ3n) is 6.80. The van der Waals surface area contributed by atoms with Crippen LogP contribution in [0.15, 0.2) is 84.9 Å². The number of rotatable bonds is 5. The molecular formula is C27H21N3O4. The van der Waals surface area contributed by atoms with Gasteiger partial charge >= 0.3 is 5.97 Å². The lowest BCUT2D eigenvalue weighted by atomic mass is 9.75. The second-order valence-electron chi connectivity index (χ2n) is 8.59. The highest BCUT2D eigenvalue weighted by molar-refractivity contribution is 6.09. The molecule has 2 aliphatic heterocycles. The molecule has 2 amide bonds. The second kappa shape index (κ2) is 8.25. The first-order chi connectivity index (χ1) is 16.5. The summed E-state index contributed by atoms with van der Waals surface area (Å²) >= 11 is 0. The molecule has 3 aromatic rings. The van der Waals surface area contributed by atoms with Crippen molar-refractivity contribution in [3.63, 3.8) is 0 Å². The number of carbonyl (C=O) groups is 3. The molecule has 3 aromatic carbocycles. The molecule has 2 saturated heterocycles. The number of likely N-dealkylation sites (tertiary alicyclic amines) is 1. The van der Waals surface area contributed by atoms with Crippen LogP contribution in [0.1, 0.15) is 28.3 Å². The Balaban J connectivity index is 1.65. The minimum atomic E-state index is -1.78. The lowest BCUT2D eigenvalue weighted by molar-refractivity contribution is -0.152. The van der Waals surface area contributed by atoms with Crippen molar-refractivity contribution in [1.82, 2.24) is 10.2 Å². The fraction of sp³-hybridized carbons (Fsp3) is 0.185. The van der Waals surface area contributed by atoms with Gasteiger partial charge in [0.2, 0.25) is 11.8 Å². The van der Waals surface area contributed by atoms with E-state index in [2.05, 4.69) is 11.4 Å². The van der Waals surface area contributed by atoms with Crippen LogP contribution >= 0.6 is 0 Å². The smallest absolute Gasteiger partial charge is 0.329 e. The van der Waals surface area contributed by atoms with E-state index < -0.39 is 41.2 Å². The summed E-state index contributed by atoms with van der Waals surface area (Å²) in [6, 6.07) is 25.7. The molecule has 168 valence electrons. The van der Waals surface area contributed by atoms with Crippen LogP contribution in [-0.4, -0.2) is 27.8 Å². The quantitative estimate of drug-likeness (QED) is 0.577. The van der Waals surface area contributed by atoms with Crippen LogP contribution in [0.5, 0.6) is 0 Å². The lowest BCUT2D eigenvalue weighted by Crippen LogP contribution is -2.53. The summed E-state index contributed by atoms with van der Waals surface area (Å²) in [5, 5.41) is 22.8. The van der Waals surface area contributed by atoms with E-state index in [0.29, 0.717) is 16.7 Å². The van der Waals surface area contributed by atoms with Crippen LogP contribution in [0.25, 0.3) is 0 Å². The summed E-state index contributed by atoms with van der Waals surface area (Å²) in [4.78, 5) is 41.5. The van der Waals surface area contributed by atoms with Crippen LogP contribution in [0.4, 0.5) is 0 Å². The standard InChI is InChI=1S/C27H21N3O4/c28-15-17-11-13-19(14-12-17)23-21-22(27(29-23,26(33)34)20-9-5-2-6-10-20)25(32)30(24(21)31)16-18-7-3-1-4-8-18/h1-14,21-23,29H,16H2,(H,33,34). The maximum absolute atomic E-state index is 13.7. The lowest BCUT2D eigenvalue weighted by Gasteiger charge is -2.31. The maximum atomic E-state index is 13.7. The number of hydrogen-bond donors (Lipinski definition) is 2. The highest BCUT2D eigenvalue weighted by Gasteiger charge is 2.69. The van der Waals surface area contributed by atoms with Crippen molar-refractivity contribution in [2.24, 2.45) is 11.8 Å². The molecule has 4 atom stereocenters. The Hall–Kier alpha value is -4.28. The van der Waals surface area contributed by atoms with E-state index in [1.807, 2.05) is 30.3 Å². The van der Waals surface area contributed by atoms with Crippen molar-refractivity contribution in [3.8, 4) is 6.07 Å². The summed E-state index contributed by atoms with van der Waals surface area (Å²) in [5.41, 5.74) is 0.521. The Morgan fingerprint density at radius 1 is 0.941 bits per heavy atom. The van der Waals surface area contributed by atoms with Crippen LogP contribution in [0.2, 0.25) is 0 Å². The fourth-order valence-electron chi connectivity index (χ4n) is 5.23. The molecule has 2 aliphatic rings. The van der Waals surface area contributed by atoms with E-state index in [-0.39, 0.29) is 6.54 Å². The average Bonchev–Trinajstić information content (AvgIpc) is 3.36. The zero-order valence-electron chi connectivity index (χ0n) is 18.1. The molecule has 7 nitrogen and oxygen atoms in total. The Morgan fingerprint density at radius 3 is 2.15 bits per heavy atom. The zero-order valence-corrected chi connectivity index (χ0v) is 18.1. The van der Waals surface area contributed by atoms with Gasteiger partial charge in [0.1, 0.15) is 0 Å². The van der Waals surface area contributed by atoms with Gasteiger partial charge in [0.15, 0.2) is 5.54 Å². The second-order valence-corrected chi connectivity index (χ2v) is 8.59. The molecule has 2 N–H and O–H groups in total. The Morgan fingerprint density at radius 2 is 1.56 bits per heavy atom. The average molecular weight is 451 g/mol. The molecule has 0 aliphatic carbocycles. The maximum Gasteiger partial charge on any atom is 0.329 e. The molecule has 0 saturated carbocycles.